The smallest absolute Gasteiger partial charge is 0.325 e. The molecule has 3 N–H and O–H groups in total. The lowest BCUT2D eigenvalue weighted by Gasteiger charge is -2.36. The molecule has 8 nitrogen and oxygen atoms in total. The number of aromatic amines is 1. The SMILES string of the molecule is O=CN1CCN([C@@H](C(=O)O)c2c[nH]c3ccc(NC(=O)c4ccccc4)cc23)CC1. The minimum Gasteiger partial charge on any atom is -0.480 e. The van der Waals surface area contributed by atoms with Crippen LogP contribution in [0.5, 0.6) is 0 Å². The van der Waals surface area contributed by atoms with Crippen LogP contribution in [-0.4, -0.2) is 64.4 Å². The van der Waals surface area contributed by atoms with Crippen molar-refractivity contribution in [3.63, 3.8) is 0 Å². The van der Waals surface area contributed by atoms with Gasteiger partial charge < -0.3 is 20.3 Å². The van der Waals surface area contributed by atoms with Crippen molar-refractivity contribution in [1.29, 1.82) is 0 Å². The first-order valence-corrected chi connectivity index (χ1v) is 9.70. The zero-order chi connectivity index (χ0) is 21.1. The number of carbonyl (C=O) groups is 3. The van der Waals surface area contributed by atoms with Crippen molar-refractivity contribution in [3.8, 4) is 0 Å². The molecule has 0 bridgehead atoms. The maximum atomic E-state index is 12.5. The van der Waals surface area contributed by atoms with Crippen LogP contribution in [0.25, 0.3) is 10.9 Å². The molecule has 4 rings (SSSR count). The fourth-order valence-electron chi connectivity index (χ4n) is 3.83. The van der Waals surface area contributed by atoms with Crippen LogP contribution >= 0.6 is 0 Å². The van der Waals surface area contributed by atoms with E-state index < -0.39 is 12.0 Å². The predicted octanol–water partition coefficient (Wildman–Crippen LogP) is 2.32. The van der Waals surface area contributed by atoms with Crippen LogP contribution < -0.4 is 5.32 Å². The van der Waals surface area contributed by atoms with Crippen LogP contribution in [0.15, 0.2) is 54.7 Å². The van der Waals surface area contributed by atoms with Crippen LogP contribution in [-0.2, 0) is 9.59 Å². The first kappa shape index (κ1) is 19.7. The van der Waals surface area contributed by atoms with E-state index in [1.807, 2.05) is 17.0 Å². The Morgan fingerprint density at radius 2 is 1.80 bits per heavy atom. The average molecular weight is 406 g/mol. The number of rotatable bonds is 6. The fraction of sp³-hybridized carbons (Fsp3) is 0.227. The molecule has 1 fully saturated rings. The first-order valence-electron chi connectivity index (χ1n) is 9.70. The highest BCUT2D eigenvalue weighted by atomic mass is 16.4. The summed E-state index contributed by atoms with van der Waals surface area (Å²) in [6, 6.07) is 13.5. The lowest BCUT2D eigenvalue weighted by Crippen LogP contribution is -2.48. The number of fused-ring (bicyclic) bond motifs is 1. The van der Waals surface area contributed by atoms with E-state index in [1.165, 1.54) is 0 Å². The highest BCUT2D eigenvalue weighted by Crippen LogP contribution is 2.31. The molecular formula is C22H22N4O4. The Morgan fingerprint density at radius 3 is 2.47 bits per heavy atom. The molecule has 0 aliphatic carbocycles. The van der Waals surface area contributed by atoms with E-state index in [1.54, 1.807) is 47.5 Å². The standard InChI is InChI=1S/C22H22N4O4/c27-14-25-8-10-26(11-9-25)20(22(29)30)18-13-23-19-7-6-16(12-17(18)19)24-21(28)15-4-2-1-3-5-15/h1-7,12-14,20,23H,8-11H2,(H,24,28)(H,29,30)/t20-/m1/s1. The zero-order valence-electron chi connectivity index (χ0n) is 16.2. The molecule has 0 spiro atoms. The summed E-state index contributed by atoms with van der Waals surface area (Å²) in [5.41, 5.74) is 2.56. The molecule has 0 saturated carbocycles. The lowest BCUT2D eigenvalue weighted by atomic mass is 10.0. The molecule has 0 unspecified atom stereocenters. The summed E-state index contributed by atoms with van der Waals surface area (Å²) in [4.78, 5) is 42.2. The van der Waals surface area contributed by atoms with Crippen molar-refractivity contribution in [1.82, 2.24) is 14.8 Å². The van der Waals surface area contributed by atoms with Gasteiger partial charge in [-0.15, -0.1) is 0 Å². The molecule has 3 aromatic rings. The van der Waals surface area contributed by atoms with E-state index >= 15 is 0 Å². The third-order valence-electron chi connectivity index (χ3n) is 5.40. The Morgan fingerprint density at radius 1 is 1.07 bits per heavy atom. The summed E-state index contributed by atoms with van der Waals surface area (Å²) in [7, 11) is 0. The third kappa shape index (κ3) is 3.90. The summed E-state index contributed by atoms with van der Waals surface area (Å²) in [6.45, 7) is 1.95. The topological polar surface area (TPSA) is 106 Å². The van der Waals surface area contributed by atoms with Crippen molar-refractivity contribution >= 4 is 34.9 Å². The van der Waals surface area contributed by atoms with Gasteiger partial charge in [-0.2, -0.15) is 0 Å². The van der Waals surface area contributed by atoms with Gasteiger partial charge in [-0.25, -0.2) is 0 Å². The number of nitrogens with one attached hydrogen (secondary N) is 2. The Labute approximate surface area is 173 Å². The van der Waals surface area contributed by atoms with Gasteiger partial charge in [-0.3, -0.25) is 19.3 Å². The molecule has 1 saturated heterocycles. The molecule has 2 amide bonds. The Balaban J connectivity index is 1.62. The molecule has 1 atom stereocenters. The summed E-state index contributed by atoms with van der Waals surface area (Å²) >= 11 is 0. The van der Waals surface area contributed by atoms with Crippen LogP contribution in [0.1, 0.15) is 22.0 Å². The minimum atomic E-state index is -0.950. The number of carbonyl (C=O) groups excluding carboxylic acids is 2. The molecule has 30 heavy (non-hydrogen) atoms. The maximum Gasteiger partial charge on any atom is 0.325 e. The number of H-pyrrole nitrogens is 1. The molecule has 1 aliphatic rings. The molecule has 1 aliphatic heterocycles. The number of anilines is 1. The first-order chi connectivity index (χ1) is 14.6. The normalized spacial score (nSPS) is 15.7. The average Bonchev–Trinajstić information content (AvgIpc) is 3.17. The fourth-order valence-corrected chi connectivity index (χ4v) is 3.83. The van der Waals surface area contributed by atoms with Gasteiger partial charge in [0.15, 0.2) is 0 Å². The van der Waals surface area contributed by atoms with Crippen LogP contribution in [0.2, 0.25) is 0 Å². The number of carboxylic acids is 1. The van der Waals surface area contributed by atoms with Gasteiger partial charge in [0, 0.05) is 60.1 Å². The van der Waals surface area contributed by atoms with Gasteiger partial charge >= 0.3 is 5.97 Å². The van der Waals surface area contributed by atoms with Crippen molar-refractivity contribution in [3.05, 3.63) is 65.9 Å². The second-order valence-corrected chi connectivity index (χ2v) is 7.24. The largest absolute Gasteiger partial charge is 0.480 e. The van der Waals surface area contributed by atoms with E-state index in [9.17, 15) is 19.5 Å². The van der Waals surface area contributed by atoms with Gasteiger partial charge in [-0.1, -0.05) is 18.2 Å². The summed E-state index contributed by atoms with van der Waals surface area (Å²) in [6.07, 6.45) is 2.50. The molecule has 0 radical (unpaired) electrons. The van der Waals surface area contributed by atoms with Gasteiger partial charge in [-0.05, 0) is 30.3 Å². The number of nitrogens with zero attached hydrogens (tertiary/aromatic N) is 2. The quantitative estimate of drug-likeness (QED) is 0.545. The van der Waals surface area contributed by atoms with Gasteiger partial charge in [0.2, 0.25) is 6.41 Å². The number of carboxylic acid groups (broad SMARTS) is 1. The second-order valence-electron chi connectivity index (χ2n) is 7.24. The van der Waals surface area contributed by atoms with Crippen molar-refractivity contribution in [2.24, 2.45) is 0 Å². The molecule has 2 heterocycles. The molecule has 2 aromatic carbocycles. The van der Waals surface area contributed by atoms with E-state index in [0.29, 0.717) is 43.0 Å². The second kappa shape index (κ2) is 8.38. The maximum absolute atomic E-state index is 12.5. The van der Waals surface area contributed by atoms with E-state index in [2.05, 4.69) is 10.3 Å². The van der Waals surface area contributed by atoms with E-state index in [4.69, 9.17) is 0 Å². The summed E-state index contributed by atoms with van der Waals surface area (Å²) in [5.74, 6) is -1.18. The minimum absolute atomic E-state index is 0.230. The monoisotopic (exact) mass is 406 g/mol. The highest BCUT2D eigenvalue weighted by molar-refractivity contribution is 6.05. The van der Waals surface area contributed by atoms with Gasteiger partial charge in [0.25, 0.3) is 5.91 Å². The van der Waals surface area contributed by atoms with Crippen molar-refractivity contribution in [2.75, 3.05) is 31.5 Å². The van der Waals surface area contributed by atoms with Crippen molar-refractivity contribution in [2.45, 2.75) is 6.04 Å². The van der Waals surface area contributed by atoms with Crippen LogP contribution in [0, 0.1) is 0 Å². The molecule has 1 aromatic heterocycles. The number of piperazine rings is 1. The van der Waals surface area contributed by atoms with E-state index in [-0.39, 0.29) is 5.91 Å². The van der Waals surface area contributed by atoms with Crippen molar-refractivity contribution < 1.29 is 19.5 Å². The number of hydrogen-bond donors (Lipinski definition) is 3. The number of benzene rings is 2. The van der Waals surface area contributed by atoms with Gasteiger partial charge in [0.1, 0.15) is 6.04 Å². The van der Waals surface area contributed by atoms with Crippen LogP contribution in [0.3, 0.4) is 0 Å². The summed E-state index contributed by atoms with van der Waals surface area (Å²) in [5, 5.41) is 13.5. The number of aliphatic carboxylic acids is 1. The van der Waals surface area contributed by atoms with E-state index in [0.717, 1.165) is 17.3 Å². The highest BCUT2D eigenvalue weighted by Gasteiger charge is 2.32. The van der Waals surface area contributed by atoms with Gasteiger partial charge in [0.05, 0.1) is 0 Å². The Kier molecular flexibility index (Phi) is 5.49. The number of amides is 2. The third-order valence-corrected chi connectivity index (χ3v) is 5.40. The zero-order valence-corrected chi connectivity index (χ0v) is 16.2. The molecule has 8 heteroatoms. The number of aromatic nitrogens is 1. The molecular weight excluding hydrogens is 384 g/mol. The summed E-state index contributed by atoms with van der Waals surface area (Å²) < 4.78 is 0. The lowest BCUT2D eigenvalue weighted by molar-refractivity contribution is -0.144. The molecule has 154 valence electrons. The predicted molar refractivity (Wildman–Crippen MR) is 112 cm³/mol. The van der Waals surface area contributed by atoms with Crippen LogP contribution in [0.4, 0.5) is 5.69 Å². The Bertz CT molecular complexity index is 1070. The number of hydrogen-bond acceptors (Lipinski definition) is 4. The Hall–Kier alpha value is -3.65.